The minimum absolute atomic E-state index is 0.0644. The molecule has 0 saturated carbocycles. The molecule has 172 valence electrons. The van der Waals surface area contributed by atoms with E-state index in [-0.39, 0.29) is 18.4 Å². The van der Waals surface area contributed by atoms with Gasteiger partial charge < -0.3 is 26.0 Å². The summed E-state index contributed by atoms with van der Waals surface area (Å²) in [6.45, 7) is 5.30. The molecular formula is C25H29N5O3. The third-order valence-electron chi connectivity index (χ3n) is 5.59. The van der Waals surface area contributed by atoms with Gasteiger partial charge in [0.2, 0.25) is 5.91 Å². The van der Waals surface area contributed by atoms with Crippen molar-refractivity contribution in [2.75, 3.05) is 41.0 Å². The van der Waals surface area contributed by atoms with Crippen LogP contribution in [0.2, 0.25) is 0 Å². The Kier molecular flexibility index (Phi) is 6.74. The number of nitrogens with two attached hydrogens (primary N) is 1. The summed E-state index contributed by atoms with van der Waals surface area (Å²) in [5.74, 6) is 0.582. The molecule has 3 aromatic rings. The van der Waals surface area contributed by atoms with Crippen LogP contribution in [0.3, 0.4) is 0 Å². The van der Waals surface area contributed by atoms with Crippen LogP contribution < -0.4 is 21.3 Å². The molecular weight excluding hydrogens is 418 g/mol. The van der Waals surface area contributed by atoms with E-state index in [1.165, 1.54) is 0 Å². The minimum Gasteiger partial charge on any atom is -0.383 e. The second kappa shape index (κ2) is 9.87. The lowest BCUT2D eigenvalue weighted by atomic mass is 10.0. The van der Waals surface area contributed by atoms with E-state index in [0.29, 0.717) is 37.0 Å². The van der Waals surface area contributed by atoms with Crippen molar-refractivity contribution < 1.29 is 14.3 Å². The maximum atomic E-state index is 13.1. The van der Waals surface area contributed by atoms with E-state index in [1.807, 2.05) is 48.5 Å². The van der Waals surface area contributed by atoms with Crippen LogP contribution in [0.1, 0.15) is 20.3 Å². The predicted octanol–water partition coefficient (Wildman–Crippen LogP) is 3.65. The van der Waals surface area contributed by atoms with Crippen molar-refractivity contribution in [1.82, 2.24) is 4.98 Å². The Morgan fingerprint density at radius 1 is 1.15 bits per heavy atom. The zero-order valence-electron chi connectivity index (χ0n) is 18.9. The lowest BCUT2D eigenvalue weighted by molar-refractivity contribution is -0.125. The number of carbonyl (C=O) groups is 2. The van der Waals surface area contributed by atoms with Crippen LogP contribution in [0.4, 0.5) is 22.9 Å². The van der Waals surface area contributed by atoms with E-state index in [0.717, 1.165) is 22.1 Å². The molecule has 0 spiro atoms. The molecule has 0 bridgehead atoms. The Hall–Kier alpha value is -3.65. The van der Waals surface area contributed by atoms with Gasteiger partial charge >= 0.3 is 0 Å². The standard InChI is InChI=1S/C25H29N5O3/c1-16(2)13-22(28-19-4-3-17-9-10-27-24(26)21(17)14-19)25(32)29-18-5-7-20(8-6-18)30-11-12-33-15-23(30)31/h3-10,14,16,22,28H,11-13,15H2,1-2H3,(H2,26,27)(H,29,32)/t22-/m0/s1. The van der Waals surface area contributed by atoms with Crippen LogP contribution in [0.25, 0.3) is 10.8 Å². The summed E-state index contributed by atoms with van der Waals surface area (Å²) in [6, 6.07) is 14.6. The van der Waals surface area contributed by atoms with Gasteiger partial charge in [-0.05, 0) is 60.2 Å². The molecule has 4 rings (SSSR count). The molecule has 8 nitrogen and oxygen atoms in total. The SMILES string of the molecule is CC(C)C[C@H](Nc1ccc2ccnc(N)c2c1)C(=O)Nc1ccc(N2CCOCC2=O)cc1. The summed E-state index contributed by atoms with van der Waals surface area (Å²) in [5.41, 5.74) is 8.30. The van der Waals surface area contributed by atoms with Gasteiger partial charge in [-0.1, -0.05) is 19.9 Å². The first-order valence-corrected chi connectivity index (χ1v) is 11.1. The van der Waals surface area contributed by atoms with E-state index < -0.39 is 6.04 Å². The van der Waals surface area contributed by atoms with Crippen LogP contribution in [0.15, 0.2) is 54.7 Å². The van der Waals surface area contributed by atoms with Gasteiger partial charge in [0.15, 0.2) is 0 Å². The lowest BCUT2D eigenvalue weighted by Crippen LogP contribution is -2.41. The maximum absolute atomic E-state index is 13.1. The highest BCUT2D eigenvalue weighted by Gasteiger charge is 2.22. The molecule has 4 N–H and O–H groups in total. The number of nitrogens with one attached hydrogen (secondary N) is 2. The minimum atomic E-state index is -0.430. The van der Waals surface area contributed by atoms with Gasteiger partial charge in [-0.15, -0.1) is 0 Å². The van der Waals surface area contributed by atoms with Crippen LogP contribution >= 0.6 is 0 Å². The highest BCUT2D eigenvalue weighted by molar-refractivity contribution is 5.99. The molecule has 1 atom stereocenters. The predicted molar refractivity (Wildman–Crippen MR) is 131 cm³/mol. The number of carbonyl (C=O) groups excluding carboxylic acids is 2. The number of aromatic nitrogens is 1. The molecule has 0 aliphatic carbocycles. The third-order valence-corrected chi connectivity index (χ3v) is 5.59. The van der Waals surface area contributed by atoms with Crippen molar-refractivity contribution >= 4 is 45.5 Å². The molecule has 1 fully saturated rings. The zero-order chi connectivity index (χ0) is 23.4. The highest BCUT2D eigenvalue weighted by Crippen LogP contribution is 2.25. The first-order valence-electron chi connectivity index (χ1n) is 11.1. The Balaban J connectivity index is 1.47. The van der Waals surface area contributed by atoms with Crippen molar-refractivity contribution in [1.29, 1.82) is 0 Å². The fourth-order valence-corrected chi connectivity index (χ4v) is 3.93. The fourth-order valence-electron chi connectivity index (χ4n) is 3.93. The number of ether oxygens (including phenoxy) is 1. The number of hydrogen-bond donors (Lipinski definition) is 3. The van der Waals surface area contributed by atoms with E-state index in [2.05, 4.69) is 29.5 Å². The van der Waals surface area contributed by atoms with Crippen molar-refractivity contribution in [3.05, 3.63) is 54.7 Å². The Morgan fingerprint density at radius 2 is 1.91 bits per heavy atom. The van der Waals surface area contributed by atoms with Gasteiger partial charge in [0.1, 0.15) is 18.5 Å². The molecule has 1 aromatic heterocycles. The van der Waals surface area contributed by atoms with E-state index >= 15 is 0 Å². The largest absolute Gasteiger partial charge is 0.383 e. The van der Waals surface area contributed by atoms with E-state index in [4.69, 9.17) is 10.5 Å². The van der Waals surface area contributed by atoms with Crippen LogP contribution in [-0.2, 0) is 14.3 Å². The van der Waals surface area contributed by atoms with Gasteiger partial charge in [-0.2, -0.15) is 0 Å². The molecule has 0 radical (unpaired) electrons. The number of morpholine rings is 1. The molecule has 2 heterocycles. The number of pyridine rings is 1. The second-order valence-electron chi connectivity index (χ2n) is 8.59. The molecule has 1 aliphatic rings. The van der Waals surface area contributed by atoms with Gasteiger partial charge in [-0.25, -0.2) is 4.98 Å². The first-order chi connectivity index (χ1) is 15.9. The molecule has 33 heavy (non-hydrogen) atoms. The number of amides is 2. The number of benzene rings is 2. The molecule has 8 heteroatoms. The zero-order valence-corrected chi connectivity index (χ0v) is 18.9. The molecule has 1 aliphatic heterocycles. The quantitative estimate of drug-likeness (QED) is 0.510. The van der Waals surface area contributed by atoms with Gasteiger partial charge in [0.25, 0.3) is 5.91 Å². The Labute approximate surface area is 193 Å². The van der Waals surface area contributed by atoms with Crippen LogP contribution in [0, 0.1) is 5.92 Å². The number of hydrogen-bond acceptors (Lipinski definition) is 6. The number of nitrogen functional groups attached to an aromatic ring is 1. The topological polar surface area (TPSA) is 110 Å². The maximum Gasteiger partial charge on any atom is 0.253 e. The molecule has 2 amide bonds. The summed E-state index contributed by atoms with van der Waals surface area (Å²) in [6.07, 6.45) is 2.34. The fraction of sp³-hybridized carbons (Fsp3) is 0.320. The number of fused-ring (bicyclic) bond motifs is 1. The van der Waals surface area contributed by atoms with Gasteiger partial charge in [0, 0.05) is 35.2 Å². The monoisotopic (exact) mass is 447 g/mol. The van der Waals surface area contributed by atoms with Crippen molar-refractivity contribution in [3.63, 3.8) is 0 Å². The number of nitrogens with zero attached hydrogens (tertiary/aromatic N) is 2. The molecule has 1 saturated heterocycles. The number of rotatable bonds is 7. The average Bonchev–Trinajstić information content (AvgIpc) is 2.80. The van der Waals surface area contributed by atoms with Gasteiger partial charge in [-0.3, -0.25) is 9.59 Å². The molecule has 0 unspecified atom stereocenters. The van der Waals surface area contributed by atoms with E-state index in [9.17, 15) is 9.59 Å². The first kappa shape index (κ1) is 22.5. The van der Waals surface area contributed by atoms with Crippen LogP contribution in [0.5, 0.6) is 0 Å². The average molecular weight is 448 g/mol. The van der Waals surface area contributed by atoms with E-state index in [1.54, 1.807) is 11.1 Å². The van der Waals surface area contributed by atoms with Crippen molar-refractivity contribution in [2.45, 2.75) is 26.3 Å². The van der Waals surface area contributed by atoms with Gasteiger partial charge in [0.05, 0.1) is 6.61 Å². The third kappa shape index (κ3) is 5.40. The van der Waals surface area contributed by atoms with Crippen molar-refractivity contribution in [3.8, 4) is 0 Å². The Bertz CT molecular complexity index is 1150. The van der Waals surface area contributed by atoms with Crippen molar-refractivity contribution in [2.24, 2.45) is 5.92 Å². The summed E-state index contributed by atoms with van der Waals surface area (Å²) in [7, 11) is 0. The van der Waals surface area contributed by atoms with Crippen LogP contribution in [-0.4, -0.2) is 42.6 Å². The smallest absolute Gasteiger partial charge is 0.253 e. The Morgan fingerprint density at radius 3 is 2.64 bits per heavy atom. The summed E-state index contributed by atoms with van der Waals surface area (Å²) in [5, 5.41) is 8.19. The number of anilines is 4. The summed E-state index contributed by atoms with van der Waals surface area (Å²) < 4.78 is 5.18. The lowest BCUT2D eigenvalue weighted by Gasteiger charge is -2.27. The molecule has 2 aromatic carbocycles. The summed E-state index contributed by atoms with van der Waals surface area (Å²) >= 11 is 0. The second-order valence-corrected chi connectivity index (χ2v) is 8.59. The summed E-state index contributed by atoms with van der Waals surface area (Å²) in [4.78, 5) is 31.0. The normalized spacial score (nSPS) is 15.0. The highest BCUT2D eigenvalue weighted by atomic mass is 16.5.